The van der Waals surface area contributed by atoms with Crippen LogP contribution in [-0.2, 0) is 0 Å². The molecule has 2 aromatic heterocycles. The number of hydrogen-bond acceptors (Lipinski definition) is 3. The molecule has 0 bridgehead atoms. The van der Waals surface area contributed by atoms with Gasteiger partial charge in [-0.2, -0.15) is 5.10 Å². The maximum absolute atomic E-state index is 11.4. The Kier molecular flexibility index (Phi) is 2.14. The molecule has 0 saturated heterocycles. The Morgan fingerprint density at radius 2 is 2.29 bits per heavy atom. The molecule has 0 aliphatic rings. The Hall–Kier alpha value is -1.17. The van der Waals surface area contributed by atoms with Crippen molar-refractivity contribution in [2.24, 2.45) is 0 Å². The van der Waals surface area contributed by atoms with Gasteiger partial charge in [-0.15, -0.1) is 0 Å². The molecule has 0 aliphatic carbocycles. The molecule has 0 atom stereocenters. The third-order valence-corrected chi connectivity index (χ3v) is 2.33. The maximum Gasteiger partial charge on any atom is 0.347 e. The zero-order valence-corrected chi connectivity index (χ0v) is 9.37. The summed E-state index contributed by atoms with van der Waals surface area (Å²) in [4.78, 5) is 15.5. The summed E-state index contributed by atoms with van der Waals surface area (Å²) in [5.74, 6) is 0.226. The first-order chi connectivity index (χ1) is 6.59. The highest BCUT2D eigenvalue weighted by molar-refractivity contribution is 9.10. The van der Waals surface area contributed by atoms with E-state index in [4.69, 9.17) is 0 Å². The van der Waals surface area contributed by atoms with E-state index in [2.05, 4.69) is 31.1 Å². The molecule has 74 valence electrons. The van der Waals surface area contributed by atoms with E-state index in [1.54, 1.807) is 6.20 Å². The SMILES string of the molecule is CC(C)c1n[nH]c(=O)n2cc(Br)nc12. The van der Waals surface area contributed by atoms with Gasteiger partial charge in [-0.3, -0.25) is 0 Å². The number of nitrogens with zero attached hydrogens (tertiary/aromatic N) is 3. The number of aromatic nitrogens is 4. The van der Waals surface area contributed by atoms with E-state index in [-0.39, 0.29) is 11.6 Å². The lowest BCUT2D eigenvalue weighted by Crippen LogP contribution is -2.19. The molecular weight excluding hydrogens is 248 g/mol. The van der Waals surface area contributed by atoms with Crippen LogP contribution in [0.15, 0.2) is 15.6 Å². The number of halogens is 1. The second-order valence-corrected chi connectivity index (χ2v) is 4.14. The quantitative estimate of drug-likeness (QED) is 0.837. The predicted molar refractivity (Wildman–Crippen MR) is 55.4 cm³/mol. The molecule has 0 unspecified atom stereocenters. The minimum absolute atomic E-state index is 0.226. The molecule has 5 nitrogen and oxygen atoms in total. The molecule has 0 amide bonds. The lowest BCUT2D eigenvalue weighted by molar-refractivity contribution is 0.752. The predicted octanol–water partition coefficient (Wildman–Crippen LogP) is 1.30. The fourth-order valence-electron chi connectivity index (χ4n) is 1.29. The smallest absolute Gasteiger partial charge is 0.248 e. The average molecular weight is 257 g/mol. The molecule has 2 aromatic rings. The molecule has 0 fully saturated rings. The summed E-state index contributed by atoms with van der Waals surface area (Å²) in [6.07, 6.45) is 1.63. The minimum atomic E-state index is -0.275. The molecular formula is C8H9BrN4O. The van der Waals surface area contributed by atoms with Crippen LogP contribution in [0, 0.1) is 0 Å². The van der Waals surface area contributed by atoms with Crippen LogP contribution in [0.4, 0.5) is 0 Å². The van der Waals surface area contributed by atoms with Crippen molar-refractivity contribution in [3.05, 3.63) is 27.0 Å². The molecule has 1 N–H and O–H groups in total. The Morgan fingerprint density at radius 3 is 2.93 bits per heavy atom. The van der Waals surface area contributed by atoms with Gasteiger partial charge in [0.15, 0.2) is 5.65 Å². The first-order valence-electron chi connectivity index (χ1n) is 4.22. The second kappa shape index (κ2) is 3.20. The fraction of sp³-hybridized carbons (Fsp3) is 0.375. The van der Waals surface area contributed by atoms with Crippen LogP contribution in [0.2, 0.25) is 0 Å². The van der Waals surface area contributed by atoms with Gasteiger partial charge in [-0.1, -0.05) is 13.8 Å². The Morgan fingerprint density at radius 1 is 1.57 bits per heavy atom. The van der Waals surface area contributed by atoms with E-state index < -0.39 is 0 Å². The van der Waals surface area contributed by atoms with Crippen LogP contribution in [0.1, 0.15) is 25.5 Å². The first kappa shape index (κ1) is 9.39. The van der Waals surface area contributed by atoms with Crippen molar-refractivity contribution in [3.8, 4) is 0 Å². The van der Waals surface area contributed by atoms with Crippen molar-refractivity contribution in [1.82, 2.24) is 19.6 Å². The Labute approximate surface area is 88.3 Å². The van der Waals surface area contributed by atoms with Crippen molar-refractivity contribution in [2.45, 2.75) is 19.8 Å². The van der Waals surface area contributed by atoms with Crippen molar-refractivity contribution in [2.75, 3.05) is 0 Å². The van der Waals surface area contributed by atoms with Crippen molar-refractivity contribution >= 4 is 21.6 Å². The lowest BCUT2D eigenvalue weighted by Gasteiger charge is -2.03. The van der Waals surface area contributed by atoms with E-state index in [1.165, 1.54) is 4.40 Å². The van der Waals surface area contributed by atoms with Crippen LogP contribution < -0.4 is 5.69 Å². The monoisotopic (exact) mass is 256 g/mol. The van der Waals surface area contributed by atoms with E-state index in [0.717, 1.165) is 5.69 Å². The van der Waals surface area contributed by atoms with Gasteiger partial charge in [-0.05, 0) is 15.9 Å². The van der Waals surface area contributed by atoms with Crippen molar-refractivity contribution in [1.29, 1.82) is 0 Å². The van der Waals surface area contributed by atoms with Gasteiger partial charge in [0.05, 0.1) is 0 Å². The van der Waals surface area contributed by atoms with E-state index >= 15 is 0 Å². The van der Waals surface area contributed by atoms with E-state index in [9.17, 15) is 4.79 Å². The molecule has 0 spiro atoms. The van der Waals surface area contributed by atoms with Crippen molar-refractivity contribution in [3.63, 3.8) is 0 Å². The summed E-state index contributed by atoms with van der Waals surface area (Å²) < 4.78 is 2.09. The molecule has 0 radical (unpaired) electrons. The molecule has 0 aliphatic heterocycles. The van der Waals surface area contributed by atoms with E-state index in [0.29, 0.717) is 10.3 Å². The number of nitrogens with one attached hydrogen (secondary N) is 1. The third-order valence-electron chi connectivity index (χ3n) is 1.94. The number of imidazole rings is 1. The van der Waals surface area contributed by atoms with Crippen LogP contribution in [0.5, 0.6) is 0 Å². The molecule has 2 rings (SSSR count). The van der Waals surface area contributed by atoms with Crippen LogP contribution in [0.3, 0.4) is 0 Å². The van der Waals surface area contributed by atoms with E-state index in [1.807, 2.05) is 13.8 Å². The third kappa shape index (κ3) is 1.35. The fourth-order valence-corrected chi connectivity index (χ4v) is 1.66. The average Bonchev–Trinajstić information content (AvgIpc) is 2.47. The van der Waals surface area contributed by atoms with Crippen LogP contribution in [-0.4, -0.2) is 19.6 Å². The van der Waals surface area contributed by atoms with Gasteiger partial charge in [0.25, 0.3) is 0 Å². The zero-order chi connectivity index (χ0) is 10.3. The van der Waals surface area contributed by atoms with Gasteiger partial charge in [0.1, 0.15) is 10.3 Å². The summed E-state index contributed by atoms with van der Waals surface area (Å²) in [6, 6.07) is 0. The lowest BCUT2D eigenvalue weighted by atomic mass is 10.1. The molecule has 0 saturated carbocycles. The van der Waals surface area contributed by atoms with Gasteiger partial charge in [-0.25, -0.2) is 19.3 Å². The Balaban J connectivity index is 2.88. The van der Waals surface area contributed by atoms with Crippen molar-refractivity contribution < 1.29 is 0 Å². The highest BCUT2D eigenvalue weighted by atomic mass is 79.9. The summed E-state index contributed by atoms with van der Waals surface area (Å²) in [6.45, 7) is 4.01. The highest BCUT2D eigenvalue weighted by Crippen LogP contribution is 2.17. The number of H-pyrrole nitrogens is 1. The van der Waals surface area contributed by atoms with Gasteiger partial charge >= 0.3 is 5.69 Å². The molecule has 6 heteroatoms. The minimum Gasteiger partial charge on any atom is -0.248 e. The van der Waals surface area contributed by atoms with Gasteiger partial charge in [0.2, 0.25) is 0 Å². The molecule has 0 aromatic carbocycles. The largest absolute Gasteiger partial charge is 0.347 e. The van der Waals surface area contributed by atoms with Gasteiger partial charge in [0, 0.05) is 12.1 Å². The standard InChI is InChI=1S/C8H9BrN4O/c1-4(2)6-7-10-5(9)3-13(7)8(14)12-11-6/h3-4H,1-2H3,(H,12,14). The van der Waals surface area contributed by atoms with Crippen LogP contribution in [0.25, 0.3) is 5.65 Å². The summed E-state index contributed by atoms with van der Waals surface area (Å²) >= 11 is 3.23. The topological polar surface area (TPSA) is 63.0 Å². The number of aromatic amines is 1. The number of rotatable bonds is 1. The first-order valence-corrected chi connectivity index (χ1v) is 5.02. The molecule has 14 heavy (non-hydrogen) atoms. The summed E-state index contributed by atoms with van der Waals surface area (Å²) in [5, 5.41) is 6.41. The zero-order valence-electron chi connectivity index (χ0n) is 7.78. The summed E-state index contributed by atoms with van der Waals surface area (Å²) in [7, 11) is 0. The van der Waals surface area contributed by atoms with Gasteiger partial charge < -0.3 is 0 Å². The summed E-state index contributed by atoms with van der Waals surface area (Å²) in [5.41, 5.74) is 1.12. The Bertz CT molecular complexity index is 528. The van der Waals surface area contributed by atoms with Crippen LogP contribution >= 0.6 is 15.9 Å². The maximum atomic E-state index is 11.4. The number of hydrogen-bond donors (Lipinski definition) is 1. The number of fused-ring (bicyclic) bond motifs is 1. The normalized spacial score (nSPS) is 11.4. The highest BCUT2D eigenvalue weighted by Gasteiger charge is 2.11. The second-order valence-electron chi connectivity index (χ2n) is 3.33. The molecule has 2 heterocycles.